The summed E-state index contributed by atoms with van der Waals surface area (Å²) >= 11 is 1.27. The molecule has 1 aliphatic heterocycles. The van der Waals surface area contributed by atoms with Gasteiger partial charge >= 0.3 is 5.97 Å². The van der Waals surface area contributed by atoms with Gasteiger partial charge in [-0.1, -0.05) is 49.3 Å². The number of carbonyl (C=O) groups excluding carboxylic acids is 1. The smallest absolute Gasteiger partial charge is 0.338 e. The normalized spacial score (nSPS) is 15.0. The van der Waals surface area contributed by atoms with E-state index in [1.54, 1.807) is 44.8 Å². The maximum atomic E-state index is 13.8. The summed E-state index contributed by atoms with van der Waals surface area (Å²) in [6, 6.07) is 12.3. The number of esters is 1. The fourth-order valence-electron chi connectivity index (χ4n) is 4.49. The molecular weight excluding hydrogens is 516 g/mol. The average molecular weight is 551 g/mol. The first kappa shape index (κ1) is 28.2. The van der Waals surface area contributed by atoms with Crippen molar-refractivity contribution in [3.8, 4) is 17.2 Å². The summed E-state index contributed by atoms with van der Waals surface area (Å²) in [6.07, 6.45) is 5.02. The molecule has 4 rings (SSSR count). The van der Waals surface area contributed by atoms with Crippen molar-refractivity contribution in [3.63, 3.8) is 0 Å². The standard InChI is InChI=1S/C30H34N2O6S/c1-6-8-9-16-38-22-13-11-21(12-14-22)27-26(29(34)37-7-2)19(3)31-30-32(27)28(33)25(39-30)18-20-10-15-23(35-4)24(17-20)36-5/h10-15,17-18,27H,6-9,16H2,1-5H3. The molecule has 0 saturated heterocycles. The van der Waals surface area contributed by atoms with Crippen molar-refractivity contribution in [1.82, 2.24) is 4.57 Å². The summed E-state index contributed by atoms with van der Waals surface area (Å²) in [7, 11) is 3.14. The Bertz CT molecular complexity index is 1530. The third-order valence-electron chi connectivity index (χ3n) is 6.43. The zero-order valence-electron chi connectivity index (χ0n) is 23.0. The molecule has 1 aromatic heterocycles. The second-order valence-corrected chi connectivity index (χ2v) is 10.1. The third kappa shape index (κ3) is 6.09. The van der Waals surface area contributed by atoms with Gasteiger partial charge in [0.15, 0.2) is 16.3 Å². The highest BCUT2D eigenvalue weighted by Gasteiger charge is 2.33. The minimum absolute atomic E-state index is 0.219. The lowest BCUT2D eigenvalue weighted by molar-refractivity contribution is -0.139. The van der Waals surface area contributed by atoms with E-state index in [9.17, 15) is 9.59 Å². The third-order valence-corrected chi connectivity index (χ3v) is 7.42. The molecule has 0 aliphatic carbocycles. The molecule has 39 heavy (non-hydrogen) atoms. The van der Waals surface area contributed by atoms with Gasteiger partial charge in [-0.25, -0.2) is 9.79 Å². The van der Waals surface area contributed by atoms with Crippen molar-refractivity contribution < 1.29 is 23.7 Å². The van der Waals surface area contributed by atoms with E-state index >= 15 is 0 Å². The Morgan fingerprint density at radius 1 is 1.05 bits per heavy atom. The molecule has 0 bridgehead atoms. The van der Waals surface area contributed by atoms with Crippen LogP contribution in [0.3, 0.4) is 0 Å². The average Bonchev–Trinajstić information content (AvgIpc) is 3.24. The number of benzene rings is 2. The summed E-state index contributed by atoms with van der Waals surface area (Å²) in [5, 5.41) is 0. The van der Waals surface area contributed by atoms with Crippen LogP contribution < -0.4 is 29.1 Å². The number of hydrogen-bond acceptors (Lipinski definition) is 8. The molecule has 2 aromatic carbocycles. The maximum absolute atomic E-state index is 13.8. The topological polar surface area (TPSA) is 88.4 Å². The van der Waals surface area contributed by atoms with Crippen LogP contribution in [0.25, 0.3) is 6.08 Å². The Kier molecular flexibility index (Phi) is 9.24. The largest absolute Gasteiger partial charge is 0.494 e. The highest BCUT2D eigenvalue weighted by Crippen LogP contribution is 2.32. The molecule has 0 radical (unpaired) electrons. The number of hydrogen-bond donors (Lipinski definition) is 0. The SMILES string of the molecule is CCCCCOc1ccc(C2C(C(=O)OCC)=C(C)N=c3sc(=Cc4ccc(OC)c(OC)c4)c(=O)n32)cc1. The van der Waals surface area contributed by atoms with Crippen molar-refractivity contribution in [2.45, 2.75) is 46.1 Å². The Balaban J connectivity index is 1.80. The first-order chi connectivity index (χ1) is 18.9. The van der Waals surface area contributed by atoms with Crippen LogP contribution in [-0.2, 0) is 9.53 Å². The molecule has 8 nitrogen and oxygen atoms in total. The van der Waals surface area contributed by atoms with Gasteiger partial charge in [0.05, 0.1) is 49.3 Å². The Morgan fingerprint density at radius 2 is 1.79 bits per heavy atom. The number of thiazole rings is 1. The molecule has 0 amide bonds. The van der Waals surface area contributed by atoms with Gasteiger partial charge in [-0.05, 0) is 61.7 Å². The highest BCUT2D eigenvalue weighted by molar-refractivity contribution is 7.07. The van der Waals surface area contributed by atoms with Crippen LogP contribution in [-0.4, -0.2) is 38.0 Å². The first-order valence-corrected chi connectivity index (χ1v) is 13.9. The first-order valence-electron chi connectivity index (χ1n) is 13.1. The van der Waals surface area contributed by atoms with E-state index in [4.69, 9.17) is 18.9 Å². The lowest BCUT2D eigenvalue weighted by Gasteiger charge is -2.24. The molecule has 3 aromatic rings. The number of ether oxygens (including phenoxy) is 4. The zero-order chi connectivity index (χ0) is 27.9. The molecule has 2 heterocycles. The fourth-order valence-corrected chi connectivity index (χ4v) is 5.54. The Labute approximate surface area is 231 Å². The molecule has 0 spiro atoms. The van der Waals surface area contributed by atoms with Gasteiger partial charge in [0.25, 0.3) is 5.56 Å². The van der Waals surface area contributed by atoms with Crippen LogP contribution in [0.4, 0.5) is 0 Å². The van der Waals surface area contributed by atoms with Crippen molar-refractivity contribution >= 4 is 23.4 Å². The summed E-state index contributed by atoms with van der Waals surface area (Å²) in [5.74, 6) is 1.42. The highest BCUT2D eigenvalue weighted by atomic mass is 32.1. The summed E-state index contributed by atoms with van der Waals surface area (Å²) in [4.78, 5) is 32.1. The van der Waals surface area contributed by atoms with Gasteiger partial charge < -0.3 is 18.9 Å². The van der Waals surface area contributed by atoms with Gasteiger partial charge in [-0.15, -0.1) is 0 Å². The van der Waals surface area contributed by atoms with E-state index in [1.165, 1.54) is 11.3 Å². The lowest BCUT2D eigenvalue weighted by Crippen LogP contribution is -2.39. The predicted molar refractivity (Wildman–Crippen MR) is 151 cm³/mol. The van der Waals surface area contributed by atoms with Crippen molar-refractivity contribution in [1.29, 1.82) is 0 Å². The Morgan fingerprint density at radius 3 is 2.46 bits per heavy atom. The molecular formula is C30H34N2O6S. The van der Waals surface area contributed by atoms with Gasteiger partial charge in [0, 0.05) is 0 Å². The lowest BCUT2D eigenvalue weighted by atomic mass is 9.96. The summed E-state index contributed by atoms with van der Waals surface area (Å²) in [6.45, 7) is 6.55. The minimum Gasteiger partial charge on any atom is -0.494 e. The number of carbonyl (C=O) groups is 1. The number of rotatable bonds is 11. The van der Waals surface area contributed by atoms with Crippen LogP contribution in [0.5, 0.6) is 17.2 Å². The van der Waals surface area contributed by atoms with Gasteiger partial charge in [-0.2, -0.15) is 0 Å². The number of aromatic nitrogens is 1. The number of fused-ring (bicyclic) bond motifs is 1. The van der Waals surface area contributed by atoms with Crippen LogP contribution in [0.1, 0.15) is 57.2 Å². The number of allylic oxidation sites excluding steroid dienone is 1. The van der Waals surface area contributed by atoms with Crippen molar-refractivity contribution in [2.75, 3.05) is 27.4 Å². The van der Waals surface area contributed by atoms with Gasteiger partial charge in [0.2, 0.25) is 0 Å². The van der Waals surface area contributed by atoms with Crippen LogP contribution in [0, 0.1) is 0 Å². The zero-order valence-corrected chi connectivity index (χ0v) is 23.8. The van der Waals surface area contributed by atoms with E-state index in [1.807, 2.05) is 36.4 Å². The molecule has 1 aliphatic rings. The minimum atomic E-state index is -0.679. The molecule has 0 saturated carbocycles. The van der Waals surface area contributed by atoms with Crippen molar-refractivity contribution in [2.24, 2.45) is 4.99 Å². The molecule has 0 N–H and O–H groups in total. The molecule has 9 heteroatoms. The number of nitrogens with zero attached hydrogens (tertiary/aromatic N) is 2. The van der Waals surface area contributed by atoms with Crippen LogP contribution >= 0.6 is 11.3 Å². The quantitative estimate of drug-likeness (QED) is 0.260. The van der Waals surface area contributed by atoms with E-state index in [2.05, 4.69) is 11.9 Å². The monoisotopic (exact) mass is 550 g/mol. The van der Waals surface area contributed by atoms with Crippen LogP contribution in [0.15, 0.2) is 63.5 Å². The van der Waals surface area contributed by atoms with E-state index in [0.717, 1.165) is 36.1 Å². The second kappa shape index (κ2) is 12.8. The molecule has 1 unspecified atom stereocenters. The van der Waals surface area contributed by atoms with E-state index < -0.39 is 12.0 Å². The van der Waals surface area contributed by atoms with Crippen molar-refractivity contribution in [3.05, 3.63) is 84.5 Å². The Hall–Kier alpha value is -3.85. The molecule has 0 fully saturated rings. The van der Waals surface area contributed by atoms with E-state index in [0.29, 0.717) is 38.7 Å². The predicted octanol–water partition coefficient (Wildman–Crippen LogP) is 4.38. The second-order valence-electron chi connectivity index (χ2n) is 9.04. The summed E-state index contributed by atoms with van der Waals surface area (Å²) in [5.41, 5.74) is 2.18. The summed E-state index contributed by atoms with van der Waals surface area (Å²) < 4.78 is 24.1. The van der Waals surface area contributed by atoms with Gasteiger partial charge in [0.1, 0.15) is 5.75 Å². The van der Waals surface area contributed by atoms with E-state index in [-0.39, 0.29) is 12.2 Å². The molecule has 1 atom stereocenters. The number of methoxy groups -OCH3 is 2. The van der Waals surface area contributed by atoms with Crippen LogP contribution in [0.2, 0.25) is 0 Å². The molecule has 206 valence electrons. The fraction of sp³-hybridized carbons (Fsp3) is 0.367. The maximum Gasteiger partial charge on any atom is 0.338 e. The van der Waals surface area contributed by atoms with Gasteiger partial charge in [-0.3, -0.25) is 9.36 Å². The number of unbranched alkanes of at least 4 members (excludes halogenated alkanes) is 2.